The van der Waals surface area contributed by atoms with E-state index < -0.39 is 12.0 Å². The fourth-order valence-corrected chi connectivity index (χ4v) is 2.44. The lowest BCUT2D eigenvalue weighted by atomic mass is 9.94. The predicted molar refractivity (Wildman–Crippen MR) is 81.5 cm³/mol. The highest BCUT2D eigenvalue weighted by molar-refractivity contribution is 5.95. The second-order valence-electron chi connectivity index (χ2n) is 5.02. The lowest BCUT2D eigenvalue weighted by Crippen LogP contribution is -2.45. The normalized spacial score (nSPS) is 17.6. The first-order valence-corrected chi connectivity index (χ1v) is 7.07. The maximum Gasteiger partial charge on any atom is 0.338 e. The molecule has 0 aromatic heterocycles. The third-order valence-electron chi connectivity index (χ3n) is 3.53. The van der Waals surface area contributed by atoms with Crippen LogP contribution in [0.5, 0.6) is 5.75 Å². The Bertz CT molecular complexity index is 637. The summed E-state index contributed by atoms with van der Waals surface area (Å²) < 4.78 is 10.4. The second-order valence-corrected chi connectivity index (χ2v) is 5.02. The summed E-state index contributed by atoms with van der Waals surface area (Å²) >= 11 is 0. The van der Waals surface area contributed by atoms with Gasteiger partial charge in [-0.2, -0.15) is 0 Å². The highest BCUT2D eigenvalue weighted by Gasteiger charge is 2.32. The first-order chi connectivity index (χ1) is 10.5. The molecule has 2 amide bonds. The van der Waals surface area contributed by atoms with E-state index in [9.17, 15) is 9.59 Å². The standard InChI is InChI=1S/C16H20N2O4/c1-5-22-15(19)13-10(3)17-16(20)18-14(13)11-7-6-9(2)12(8-11)21-4/h6-8,14H,5H2,1-4H3,(H2,17,18,20)/t14-/m0/s1. The Morgan fingerprint density at radius 2 is 2.05 bits per heavy atom. The number of esters is 1. The van der Waals surface area contributed by atoms with Gasteiger partial charge in [0.05, 0.1) is 25.3 Å². The molecule has 1 aliphatic rings. The largest absolute Gasteiger partial charge is 0.496 e. The van der Waals surface area contributed by atoms with Crippen LogP contribution in [0.3, 0.4) is 0 Å². The molecule has 2 rings (SSSR count). The van der Waals surface area contributed by atoms with Gasteiger partial charge in [0.1, 0.15) is 5.75 Å². The summed E-state index contributed by atoms with van der Waals surface area (Å²) in [6.45, 7) is 5.63. The number of nitrogens with one attached hydrogen (secondary N) is 2. The molecule has 0 saturated carbocycles. The van der Waals surface area contributed by atoms with Crippen LogP contribution in [-0.4, -0.2) is 25.7 Å². The van der Waals surface area contributed by atoms with Crippen molar-refractivity contribution in [2.75, 3.05) is 13.7 Å². The molecule has 1 atom stereocenters. The topological polar surface area (TPSA) is 76.7 Å². The van der Waals surface area contributed by atoms with Crippen LogP contribution in [0.4, 0.5) is 4.79 Å². The van der Waals surface area contributed by atoms with Gasteiger partial charge >= 0.3 is 12.0 Å². The van der Waals surface area contributed by atoms with Crippen molar-refractivity contribution in [2.45, 2.75) is 26.8 Å². The van der Waals surface area contributed by atoms with Crippen LogP contribution < -0.4 is 15.4 Å². The minimum absolute atomic E-state index is 0.271. The Morgan fingerprint density at radius 1 is 1.32 bits per heavy atom. The second kappa shape index (κ2) is 6.51. The number of urea groups is 1. The van der Waals surface area contributed by atoms with Crippen molar-refractivity contribution >= 4 is 12.0 Å². The molecule has 0 unspecified atom stereocenters. The number of aryl methyl sites for hydroxylation is 1. The molecule has 118 valence electrons. The number of rotatable bonds is 4. The Kier molecular flexibility index (Phi) is 4.70. The lowest BCUT2D eigenvalue weighted by molar-refractivity contribution is -0.139. The van der Waals surface area contributed by atoms with E-state index in [0.29, 0.717) is 17.0 Å². The highest BCUT2D eigenvalue weighted by atomic mass is 16.5. The number of hydrogen-bond donors (Lipinski definition) is 2. The zero-order valence-electron chi connectivity index (χ0n) is 13.1. The van der Waals surface area contributed by atoms with Crippen LogP contribution >= 0.6 is 0 Å². The molecule has 2 N–H and O–H groups in total. The van der Waals surface area contributed by atoms with Crippen LogP contribution in [0, 0.1) is 6.92 Å². The molecule has 22 heavy (non-hydrogen) atoms. The van der Waals surface area contributed by atoms with Gasteiger partial charge in [-0.15, -0.1) is 0 Å². The molecule has 0 spiro atoms. The highest BCUT2D eigenvalue weighted by Crippen LogP contribution is 2.30. The molecule has 0 saturated heterocycles. The molecular formula is C16H20N2O4. The van der Waals surface area contributed by atoms with E-state index in [-0.39, 0.29) is 12.6 Å². The van der Waals surface area contributed by atoms with Crippen LogP contribution in [0.25, 0.3) is 0 Å². The van der Waals surface area contributed by atoms with Gasteiger partial charge in [0.2, 0.25) is 0 Å². The summed E-state index contributed by atoms with van der Waals surface area (Å²) in [6.07, 6.45) is 0. The Balaban J connectivity index is 2.47. The van der Waals surface area contributed by atoms with Gasteiger partial charge in [0.25, 0.3) is 0 Å². The summed E-state index contributed by atoms with van der Waals surface area (Å²) in [6, 6.07) is 4.65. The average molecular weight is 304 g/mol. The van der Waals surface area contributed by atoms with Gasteiger partial charge in [-0.3, -0.25) is 0 Å². The van der Waals surface area contributed by atoms with Crippen molar-refractivity contribution in [3.05, 3.63) is 40.6 Å². The van der Waals surface area contributed by atoms with Gasteiger partial charge in [-0.1, -0.05) is 12.1 Å². The average Bonchev–Trinajstić information content (AvgIpc) is 2.47. The van der Waals surface area contributed by atoms with Crippen molar-refractivity contribution in [3.8, 4) is 5.75 Å². The van der Waals surface area contributed by atoms with Crippen LogP contribution in [0.15, 0.2) is 29.5 Å². The zero-order valence-corrected chi connectivity index (χ0v) is 13.1. The minimum Gasteiger partial charge on any atom is -0.496 e. The third kappa shape index (κ3) is 3.05. The smallest absolute Gasteiger partial charge is 0.338 e. The maximum absolute atomic E-state index is 12.2. The molecule has 1 aromatic carbocycles. The van der Waals surface area contributed by atoms with Gasteiger partial charge < -0.3 is 20.1 Å². The van der Waals surface area contributed by atoms with E-state index in [2.05, 4.69) is 10.6 Å². The van der Waals surface area contributed by atoms with Crippen molar-refractivity contribution in [3.63, 3.8) is 0 Å². The predicted octanol–water partition coefficient (Wildman–Crippen LogP) is 2.19. The van der Waals surface area contributed by atoms with Gasteiger partial charge in [-0.05, 0) is 38.0 Å². The number of methoxy groups -OCH3 is 1. The molecule has 1 aromatic rings. The molecular weight excluding hydrogens is 284 g/mol. The van der Waals surface area contributed by atoms with Crippen molar-refractivity contribution in [1.29, 1.82) is 0 Å². The van der Waals surface area contributed by atoms with E-state index in [1.54, 1.807) is 21.0 Å². The maximum atomic E-state index is 12.2. The summed E-state index contributed by atoms with van der Waals surface area (Å²) in [4.78, 5) is 24.0. The van der Waals surface area contributed by atoms with E-state index in [0.717, 1.165) is 11.1 Å². The number of ether oxygens (including phenoxy) is 2. The van der Waals surface area contributed by atoms with Crippen LogP contribution in [0.2, 0.25) is 0 Å². The summed E-state index contributed by atoms with van der Waals surface area (Å²) in [5.74, 6) is 0.253. The number of carbonyl (C=O) groups is 2. The monoisotopic (exact) mass is 304 g/mol. The molecule has 6 nitrogen and oxygen atoms in total. The SMILES string of the molecule is CCOC(=O)C1=C(C)NC(=O)N[C@H]1c1ccc(C)c(OC)c1. The van der Waals surface area contributed by atoms with Gasteiger partial charge in [0.15, 0.2) is 0 Å². The Labute approximate surface area is 129 Å². The Morgan fingerprint density at radius 3 is 2.68 bits per heavy atom. The van der Waals surface area contributed by atoms with E-state index >= 15 is 0 Å². The van der Waals surface area contributed by atoms with Crippen LogP contribution in [-0.2, 0) is 9.53 Å². The molecule has 0 aliphatic carbocycles. The fourth-order valence-electron chi connectivity index (χ4n) is 2.44. The summed E-state index contributed by atoms with van der Waals surface area (Å²) in [5.41, 5.74) is 2.63. The molecule has 6 heteroatoms. The number of amides is 2. The summed E-state index contributed by atoms with van der Waals surface area (Å²) in [7, 11) is 1.58. The van der Waals surface area contributed by atoms with E-state index in [1.165, 1.54) is 0 Å². The third-order valence-corrected chi connectivity index (χ3v) is 3.53. The molecule has 0 bridgehead atoms. The van der Waals surface area contributed by atoms with E-state index in [1.807, 2.05) is 25.1 Å². The molecule has 0 fully saturated rings. The number of carbonyl (C=O) groups excluding carboxylic acids is 2. The first kappa shape index (κ1) is 15.9. The lowest BCUT2D eigenvalue weighted by Gasteiger charge is -2.28. The zero-order chi connectivity index (χ0) is 16.3. The molecule has 0 radical (unpaired) electrons. The number of benzene rings is 1. The fraction of sp³-hybridized carbons (Fsp3) is 0.375. The molecule has 1 heterocycles. The first-order valence-electron chi connectivity index (χ1n) is 7.07. The minimum atomic E-state index is -0.567. The molecule has 1 aliphatic heterocycles. The number of hydrogen-bond acceptors (Lipinski definition) is 4. The van der Waals surface area contributed by atoms with Crippen molar-refractivity contribution in [1.82, 2.24) is 10.6 Å². The quantitative estimate of drug-likeness (QED) is 0.836. The summed E-state index contributed by atoms with van der Waals surface area (Å²) in [5, 5.41) is 5.36. The van der Waals surface area contributed by atoms with E-state index in [4.69, 9.17) is 9.47 Å². The van der Waals surface area contributed by atoms with Gasteiger partial charge in [0, 0.05) is 5.70 Å². The number of allylic oxidation sites excluding steroid dienone is 1. The van der Waals surface area contributed by atoms with Crippen molar-refractivity contribution in [2.24, 2.45) is 0 Å². The van der Waals surface area contributed by atoms with Crippen LogP contribution in [0.1, 0.15) is 31.0 Å². The Hall–Kier alpha value is -2.50. The van der Waals surface area contributed by atoms with Gasteiger partial charge in [-0.25, -0.2) is 9.59 Å². The van der Waals surface area contributed by atoms with Crippen molar-refractivity contribution < 1.29 is 19.1 Å².